The Morgan fingerprint density at radius 2 is 1.74 bits per heavy atom. The standard InChI is InChI=1S/C32H44ClN5O4S/c33-29-25(34)14-7-15-28(29)42-32(41)37-16-17-38(27(21-37)30(39)35-20-24-13-8-18-43-24)31(40)26(19-22-9-3-1-4-10-22)36-23-11-5-2-6-12-23/h7-8,13-15,18,22-23,26-27,36H,1-6,9-12,16-17,19-21,34H2,(H,35,39)/t26?,27-/m0/s1. The van der Waals surface area contributed by atoms with Crippen LogP contribution < -0.4 is 21.1 Å². The fourth-order valence-corrected chi connectivity index (χ4v) is 7.47. The van der Waals surface area contributed by atoms with Gasteiger partial charge in [0.2, 0.25) is 11.8 Å². The second kappa shape index (κ2) is 15.3. The van der Waals surface area contributed by atoms with E-state index in [0.717, 1.165) is 37.0 Å². The molecule has 2 heterocycles. The van der Waals surface area contributed by atoms with Crippen LogP contribution in [0.5, 0.6) is 5.75 Å². The quantitative estimate of drug-likeness (QED) is 0.312. The zero-order chi connectivity index (χ0) is 30.2. The van der Waals surface area contributed by atoms with Gasteiger partial charge in [-0.3, -0.25) is 9.59 Å². The normalized spacial score (nSPS) is 20.9. The lowest BCUT2D eigenvalue weighted by Gasteiger charge is -2.42. The molecular formula is C32H44ClN5O4S. The lowest BCUT2D eigenvalue weighted by Crippen LogP contribution is -2.64. The number of halogens is 1. The number of nitrogens with zero attached hydrogens (tertiary/aromatic N) is 2. The van der Waals surface area contributed by atoms with Gasteiger partial charge in [0.15, 0.2) is 5.75 Å². The van der Waals surface area contributed by atoms with E-state index in [-0.39, 0.29) is 48.3 Å². The van der Waals surface area contributed by atoms with Crippen molar-refractivity contribution in [1.29, 1.82) is 0 Å². The predicted octanol–water partition coefficient (Wildman–Crippen LogP) is 5.57. The van der Waals surface area contributed by atoms with Crippen molar-refractivity contribution in [2.45, 2.75) is 95.3 Å². The van der Waals surface area contributed by atoms with Gasteiger partial charge in [0.05, 0.1) is 24.8 Å². The van der Waals surface area contributed by atoms with E-state index >= 15 is 0 Å². The van der Waals surface area contributed by atoms with E-state index < -0.39 is 12.1 Å². The number of thiophene rings is 1. The Morgan fingerprint density at radius 3 is 2.47 bits per heavy atom. The van der Waals surface area contributed by atoms with Gasteiger partial charge < -0.3 is 30.9 Å². The number of ether oxygens (including phenoxy) is 1. The van der Waals surface area contributed by atoms with Crippen LogP contribution in [-0.2, 0) is 16.1 Å². The average Bonchev–Trinajstić information content (AvgIpc) is 3.56. The zero-order valence-electron chi connectivity index (χ0n) is 24.8. The Kier molecular flexibility index (Phi) is 11.2. The summed E-state index contributed by atoms with van der Waals surface area (Å²) >= 11 is 7.82. The van der Waals surface area contributed by atoms with Crippen molar-refractivity contribution < 1.29 is 19.1 Å². The highest BCUT2D eigenvalue weighted by Gasteiger charge is 2.41. The van der Waals surface area contributed by atoms with Crippen LogP contribution in [0.2, 0.25) is 5.02 Å². The maximum Gasteiger partial charge on any atom is 0.415 e. The molecule has 2 aliphatic carbocycles. The number of hydrogen-bond donors (Lipinski definition) is 3. The molecule has 234 valence electrons. The third-order valence-corrected chi connectivity index (χ3v) is 10.3. The number of carbonyl (C=O) groups excluding carboxylic acids is 3. The molecule has 0 radical (unpaired) electrons. The van der Waals surface area contributed by atoms with Gasteiger partial charge in [-0.05, 0) is 48.8 Å². The van der Waals surface area contributed by atoms with E-state index in [9.17, 15) is 14.4 Å². The number of hydrogen-bond acceptors (Lipinski definition) is 7. The molecule has 1 aliphatic heterocycles. The highest BCUT2D eigenvalue weighted by molar-refractivity contribution is 7.09. The summed E-state index contributed by atoms with van der Waals surface area (Å²) < 4.78 is 5.59. The summed E-state index contributed by atoms with van der Waals surface area (Å²) in [5.74, 6) is 0.340. The van der Waals surface area contributed by atoms with Crippen molar-refractivity contribution in [1.82, 2.24) is 20.4 Å². The number of nitrogen functional groups attached to an aromatic ring is 1. The number of carbonyl (C=O) groups is 3. The summed E-state index contributed by atoms with van der Waals surface area (Å²) in [7, 11) is 0. The van der Waals surface area contributed by atoms with Crippen molar-refractivity contribution in [2.24, 2.45) is 5.92 Å². The molecule has 1 unspecified atom stereocenters. The number of benzene rings is 1. The van der Waals surface area contributed by atoms with Crippen LogP contribution in [0.1, 0.15) is 75.5 Å². The maximum absolute atomic E-state index is 14.4. The van der Waals surface area contributed by atoms with E-state index in [4.69, 9.17) is 22.1 Å². The molecule has 2 atom stereocenters. The molecule has 2 aromatic rings. The molecule has 43 heavy (non-hydrogen) atoms. The highest BCUT2D eigenvalue weighted by atomic mass is 35.5. The van der Waals surface area contributed by atoms with Crippen LogP contribution in [0.25, 0.3) is 0 Å². The Morgan fingerprint density at radius 1 is 1.00 bits per heavy atom. The minimum absolute atomic E-state index is 0.0281. The van der Waals surface area contributed by atoms with Gasteiger partial charge in [-0.15, -0.1) is 11.3 Å². The minimum Gasteiger partial charge on any atom is -0.409 e. The Hall–Kier alpha value is -2.82. The first kappa shape index (κ1) is 31.6. The number of nitrogens with two attached hydrogens (primary N) is 1. The predicted molar refractivity (Wildman–Crippen MR) is 170 cm³/mol. The average molecular weight is 630 g/mol. The first-order chi connectivity index (χ1) is 20.9. The van der Waals surface area contributed by atoms with Gasteiger partial charge in [0.25, 0.3) is 0 Å². The Bertz CT molecular complexity index is 1210. The summed E-state index contributed by atoms with van der Waals surface area (Å²) in [6.07, 6.45) is 11.9. The first-order valence-corrected chi connectivity index (χ1v) is 17.0. The molecule has 11 heteroatoms. The van der Waals surface area contributed by atoms with E-state index in [2.05, 4.69) is 10.6 Å². The zero-order valence-corrected chi connectivity index (χ0v) is 26.3. The van der Waals surface area contributed by atoms with Crippen LogP contribution in [0.15, 0.2) is 35.7 Å². The Balaban J connectivity index is 1.33. The van der Waals surface area contributed by atoms with E-state index in [1.54, 1.807) is 34.4 Å². The van der Waals surface area contributed by atoms with Gasteiger partial charge in [-0.25, -0.2) is 4.79 Å². The van der Waals surface area contributed by atoms with Crippen molar-refractivity contribution in [3.8, 4) is 5.75 Å². The molecular weight excluding hydrogens is 586 g/mol. The van der Waals surface area contributed by atoms with Gasteiger partial charge in [-0.2, -0.15) is 0 Å². The molecule has 2 saturated carbocycles. The number of anilines is 1. The van der Waals surface area contributed by atoms with Crippen molar-refractivity contribution in [3.05, 3.63) is 45.6 Å². The van der Waals surface area contributed by atoms with Gasteiger partial charge in [-0.1, -0.05) is 75.1 Å². The largest absolute Gasteiger partial charge is 0.415 e. The fraction of sp³-hybridized carbons (Fsp3) is 0.594. The summed E-state index contributed by atoms with van der Waals surface area (Å²) in [6.45, 7) is 0.881. The molecule has 5 rings (SSSR count). The molecule has 1 aromatic heterocycles. The lowest BCUT2D eigenvalue weighted by atomic mass is 9.83. The monoisotopic (exact) mass is 629 g/mol. The lowest BCUT2D eigenvalue weighted by molar-refractivity contribution is -0.145. The van der Waals surface area contributed by atoms with Crippen LogP contribution in [0.3, 0.4) is 0 Å². The molecule has 0 bridgehead atoms. The third kappa shape index (κ3) is 8.42. The second-order valence-electron chi connectivity index (χ2n) is 12.1. The summed E-state index contributed by atoms with van der Waals surface area (Å²) in [6, 6.07) is 7.90. The second-order valence-corrected chi connectivity index (χ2v) is 13.5. The van der Waals surface area contributed by atoms with Gasteiger partial charge in [0.1, 0.15) is 11.1 Å². The van der Waals surface area contributed by atoms with Crippen LogP contribution in [0, 0.1) is 5.92 Å². The van der Waals surface area contributed by atoms with E-state index in [1.165, 1.54) is 43.4 Å². The molecule has 3 amide bonds. The maximum atomic E-state index is 14.4. The molecule has 3 aliphatic rings. The van der Waals surface area contributed by atoms with Crippen molar-refractivity contribution >= 4 is 46.5 Å². The minimum atomic E-state index is -0.841. The molecule has 3 fully saturated rings. The summed E-state index contributed by atoms with van der Waals surface area (Å²) in [5.41, 5.74) is 6.19. The van der Waals surface area contributed by atoms with Crippen LogP contribution in [0.4, 0.5) is 10.5 Å². The van der Waals surface area contributed by atoms with Crippen LogP contribution >= 0.6 is 22.9 Å². The number of piperazine rings is 1. The fourth-order valence-electron chi connectivity index (χ4n) is 6.66. The summed E-state index contributed by atoms with van der Waals surface area (Å²) in [4.78, 5) is 45.5. The first-order valence-electron chi connectivity index (χ1n) is 15.8. The van der Waals surface area contributed by atoms with Crippen molar-refractivity contribution in [2.75, 3.05) is 25.4 Å². The molecule has 1 saturated heterocycles. The summed E-state index contributed by atoms with van der Waals surface area (Å²) in [5, 5.41) is 8.87. The van der Waals surface area contributed by atoms with E-state index in [1.807, 2.05) is 17.5 Å². The smallest absolute Gasteiger partial charge is 0.409 e. The molecule has 0 spiro atoms. The Labute approximate surface area is 263 Å². The third-order valence-electron chi connectivity index (χ3n) is 9.07. The van der Waals surface area contributed by atoms with Gasteiger partial charge >= 0.3 is 6.09 Å². The van der Waals surface area contributed by atoms with E-state index in [0.29, 0.717) is 24.2 Å². The number of nitrogens with one attached hydrogen (secondary N) is 2. The topological polar surface area (TPSA) is 117 Å². The molecule has 1 aromatic carbocycles. The SMILES string of the molecule is Nc1cccc(OC(=O)N2CCN(C(=O)C(CC3CCCCC3)NC3CCCCC3)[C@H](C(=O)NCc3cccs3)C2)c1Cl. The molecule has 9 nitrogen and oxygen atoms in total. The number of rotatable bonds is 9. The number of amides is 3. The van der Waals surface area contributed by atoms with Crippen LogP contribution in [-0.4, -0.2) is 65.5 Å². The van der Waals surface area contributed by atoms with Crippen molar-refractivity contribution in [3.63, 3.8) is 0 Å². The van der Waals surface area contributed by atoms with Gasteiger partial charge in [0, 0.05) is 24.0 Å². The highest BCUT2D eigenvalue weighted by Crippen LogP contribution is 2.31. The molecule has 4 N–H and O–H groups in total.